The van der Waals surface area contributed by atoms with Gasteiger partial charge in [0.1, 0.15) is 0 Å². The van der Waals surface area contributed by atoms with Gasteiger partial charge in [-0.3, -0.25) is 9.97 Å². The summed E-state index contributed by atoms with van der Waals surface area (Å²) >= 11 is 0. The van der Waals surface area contributed by atoms with Crippen molar-refractivity contribution in [2.75, 3.05) is 5.32 Å². The largest absolute Gasteiger partial charge is 0.351 e. The molecule has 1 aromatic carbocycles. The third kappa shape index (κ3) is 4.97. The van der Waals surface area contributed by atoms with Crippen molar-refractivity contribution >= 4 is 22.6 Å². The van der Waals surface area contributed by atoms with Gasteiger partial charge in [-0.25, -0.2) is 9.97 Å². The van der Waals surface area contributed by atoms with E-state index in [9.17, 15) is 0 Å². The molecule has 152 valence electrons. The number of hydrogen-bond acceptors (Lipinski definition) is 5. The van der Waals surface area contributed by atoms with Gasteiger partial charge < -0.3 is 5.32 Å². The highest BCUT2D eigenvalue weighted by atomic mass is 15.1. The van der Waals surface area contributed by atoms with Crippen LogP contribution in [0, 0.1) is 12.8 Å². The van der Waals surface area contributed by atoms with Crippen molar-refractivity contribution in [3.8, 4) is 0 Å². The van der Waals surface area contributed by atoms with Crippen LogP contribution in [0.3, 0.4) is 0 Å². The maximum Gasteiger partial charge on any atom is 0.223 e. The van der Waals surface area contributed by atoms with Crippen LogP contribution in [0.4, 0.5) is 5.95 Å². The van der Waals surface area contributed by atoms with Crippen molar-refractivity contribution in [3.05, 3.63) is 60.2 Å². The van der Waals surface area contributed by atoms with Crippen molar-refractivity contribution in [2.45, 2.75) is 59.4 Å². The molecule has 0 radical (unpaired) electrons. The summed E-state index contributed by atoms with van der Waals surface area (Å²) < 4.78 is 0. The first kappa shape index (κ1) is 20.9. The molecule has 2 aromatic heterocycles. The Morgan fingerprint density at radius 2 is 1.69 bits per heavy atom. The summed E-state index contributed by atoms with van der Waals surface area (Å²) in [6, 6.07) is 6.49. The number of aromatic nitrogens is 4. The van der Waals surface area contributed by atoms with E-state index in [-0.39, 0.29) is 0 Å². The zero-order chi connectivity index (χ0) is 20.8. The number of fused-ring (bicyclic) bond motifs is 1. The molecule has 0 spiro atoms. The summed E-state index contributed by atoms with van der Waals surface area (Å²) in [5.41, 5.74) is 5.54. The van der Waals surface area contributed by atoms with Gasteiger partial charge in [0.05, 0.1) is 16.7 Å². The molecular formula is C24H31N5. The van der Waals surface area contributed by atoms with E-state index in [2.05, 4.69) is 38.8 Å². The lowest BCUT2D eigenvalue weighted by atomic mass is 9.87. The van der Waals surface area contributed by atoms with Gasteiger partial charge >= 0.3 is 0 Å². The Bertz CT molecular complexity index is 974. The van der Waals surface area contributed by atoms with Gasteiger partial charge in [-0.1, -0.05) is 33.4 Å². The molecule has 3 aromatic rings. The van der Waals surface area contributed by atoms with E-state index in [1.165, 1.54) is 25.7 Å². The number of nitrogens with zero attached hydrogens (tertiary/aromatic N) is 4. The van der Waals surface area contributed by atoms with Crippen LogP contribution in [0.1, 0.15) is 63.3 Å². The maximum absolute atomic E-state index is 4.68. The smallest absolute Gasteiger partial charge is 0.223 e. The van der Waals surface area contributed by atoms with Crippen molar-refractivity contribution in [2.24, 2.45) is 5.92 Å². The van der Waals surface area contributed by atoms with E-state index in [1.807, 2.05) is 45.2 Å². The molecule has 0 bridgehead atoms. The quantitative estimate of drug-likeness (QED) is 0.610. The Balaban J connectivity index is 0.00000117. The average molecular weight is 390 g/mol. The molecule has 1 fully saturated rings. The summed E-state index contributed by atoms with van der Waals surface area (Å²) in [5, 5.41) is 3.50. The normalized spacial score (nSPS) is 18.6. The molecule has 1 aliphatic carbocycles. The molecule has 0 amide bonds. The van der Waals surface area contributed by atoms with Crippen LogP contribution in [0.2, 0.25) is 0 Å². The van der Waals surface area contributed by atoms with Gasteiger partial charge in [0.2, 0.25) is 5.95 Å². The second kappa shape index (κ2) is 9.59. The Labute approximate surface area is 173 Å². The van der Waals surface area contributed by atoms with Gasteiger partial charge in [-0.15, -0.1) is 0 Å². The molecule has 5 heteroatoms. The van der Waals surface area contributed by atoms with Gasteiger partial charge in [0.25, 0.3) is 0 Å². The first-order valence-electron chi connectivity index (χ1n) is 10.6. The Kier molecular flexibility index (Phi) is 6.91. The Hall–Kier alpha value is -2.82. The van der Waals surface area contributed by atoms with Crippen LogP contribution >= 0.6 is 0 Å². The first-order chi connectivity index (χ1) is 14.1. The molecule has 1 saturated carbocycles. The van der Waals surface area contributed by atoms with E-state index in [0.717, 1.165) is 39.3 Å². The number of rotatable bonds is 4. The van der Waals surface area contributed by atoms with Gasteiger partial charge in [0, 0.05) is 30.2 Å². The molecule has 1 aliphatic rings. The Morgan fingerprint density at radius 1 is 1.00 bits per heavy atom. The maximum atomic E-state index is 4.68. The summed E-state index contributed by atoms with van der Waals surface area (Å²) in [7, 11) is 0. The predicted octanol–water partition coefficient (Wildman–Crippen LogP) is 5.81. The zero-order valence-corrected chi connectivity index (χ0v) is 17.9. The van der Waals surface area contributed by atoms with E-state index in [0.29, 0.717) is 12.0 Å². The third-order valence-corrected chi connectivity index (χ3v) is 5.47. The van der Waals surface area contributed by atoms with Crippen molar-refractivity contribution in [1.82, 2.24) is 19.9 Å². The van der Waals surface area contributed by atoms with Gasteiger partial charge in [-0.2, -0.15) is 0 Å². The highest BCUT2D eigenvalue weighted by Gasteiger charge is 2.19. The van der Waals surface area contributed by atoms with E-state index >= 15 is 0 Å². The van der Waals surface area contributed by atoms with E-state index in [1.54, 1.807) is 12.4 Å². The molecule has 0 unspecified atom stereocenters. The topological polar surface area (TPSA) is 63.6 Å². The standard InChI is InChI=1S/C22H25N5.C2H6/c1-14-4-7-18(8-5-14)27-22-25-13-19(16(3)26-22)15(2)17-6-9-20-21(12-17)24-11-10-23-20;1-2/h6,9-14,18H,2,4-5,7-8H2,1,3H3,(H,25,26,27);1-2H3. The molecule has 5 nitrogen and oxygen atoms in total. The fraction of sp³-hybridized carbons (Fsp3) is 0.417. The van der Waals surface area contributed by atoms with Crippen LogP contribution in [0.15, 0.2) is 43.4 Å². The highest BCUT2D eigenvalue weighted by Crippen LogP contribution is 2.27. The number of benzene rings is 1. The minimum absolute atomic E-state index is 0.480. The summed E-state index contributed by atoms with van der Waals surface area (Å²) in [5.74, 6) is 1.55. The van der Waals surface area contributed by atoms with Crippen molar-refractivity contribution in [3.63, 3.8) is 0 Å². The van der Waals surface area contributed by atoms with Gasteiger partial charge in [0.15, 0.2) is 0 Å². The summed E-state index contributed by atoms with van der Waals surface area (Å²) in [4.78, 5) is 17.9. The van der Waals surface area contributed by atoms with Gasteiger partial charge in [-0.05, 0) is 61.8 Å². The zero-order valence-electron chi connectivity index (χ0n) is 17.9. The predicted molar refractivity (Wildman–Crippen MR) is 121 cm³/mol. The van der Waals surface area contributed by atoms with Crippen LogP contribution in [0.25, 0.3) is 16.6 Å². The first-order valence-corrected chi connectivity index (χ1v) is 10.6. The van der Waals surface area contributed by atoms with E-state index in [4.69, 9.17) is 0 Å². The molecule has 0 atom stereocenters. The Morgan fingerprint density at radius 3 is 2.38 bits per heavy atom. The van der Waals surface area contributed by atoms with Crippen molar-refractivity contribution < 1.29 is 0 Å². The minimum Gasteiger partial charge on any atom is -0.351 e. The van der Waals surface area contributed by atoms with Crippen molar-refractivity contribution in [1.29, 1.82) is 0 Å². The lowest BCUT2D eigenvalue weighted by molar-refractivity contribution is 0.360. The molecule has 0 aliphatic heterocycles. The summed E-state index contributed by atoms with van der Waals surface area (Å²) in [6.07, 6.45) is 10.2. The minimum atomic E-state index is 0.480. The highest BCUT2D eigenvalue weighted by molar-refractivity contribution is 5.85. The molecular weight excluding hydrogens is 358 g/mol. The molecule has 2 heterocycles. The number of aryl methyl sites for hydroxylation is 1. The fourth-order valence-corrected chi connectivity index (χ4v) is 3.73. The average Bonchev–Trinajstić information content (AvgIpc) is 2.76. The van der Waals surface area contributed by atoms with Crippen LogP contribution in [-0.4, -0.2) is 26.0 Å². The lowest BCUT2D eigenvalue weighted by Gasteiger charge is -2.27. The fourth-order valence-electron chi connectivity index (χ4n) is 3.73. The molecule has 4 rings (SSSR count). The molecule has 0 saturated heterocycles. The molecule has 1 N–H and O–H groups in total. The number of anilines is 1. The number of nitrogens with one attached hydrogen (secondary N) is 1. The van der Waals surface area contributed by atoms with E-state index < -0.39 is 0 Å². The second-order valence-electron chi connectivity index (χ2n) is 7.53. The SMILES string of the molecule is C=C(c1ccc2nccnc2c1)c1cnc(NC2CCC(C)CC2)nc1C.CC. The summed E-state index contributed by atoms with van der Waals surface area (Å²) in [6.45, 7) is 12.6. The van der Waals surface area contributed by atoms with Crippen LogP contribution in [-0.2, 0) is 0 Å². The molecule has 29 heavy (non-hydrogen) atoms. The van der Waals surface area contributed by atoms with Crippen LogP contribution in [0.5, 0.6) is 0 Å². The van der Waals surface area contributed by atoms with Crippen LogP contribution < -0.4 is 5.32 Å². The lowest BCUT2D eigenvalue weighted by Crippen LogP contribution is -2.26. The second-order valence-corrected chi connectivity index (χ2v) is 7.53. The number of hydrogen-bond donors (Lipinski definition) is 1. The monoisotopic (exact) mass is 389 g/mol. The third-order valence-electron chi connectivity index (χ3n) is 5.47.